The molecule has 0 saturated carbocycles. The van der Waals surface area contributed by atoms with Gasteiger partial charge < -0.3 is 4.55 Å². The molecular formula is C7H9ClN2OS. The molecule has 66 valence electrons. The van der Waals surface area contributed by atoms with E-state index >= 15 is 0 Å². The third-order valence-corrected chi connectivity index (χ3v) is 2.04. The van der Waals surface area contributed by atoms with Gasteiger partial charge in [-0.3, -0.25) is 0 Å². The SMILES string of the molecule is C[S+]([O-])NCc1ccc(Cl)nc1. The fourth-order valence-electron chi connectivity index (χ4n) is 0.696. The number of hydrogen-bond donors (Lipinski definition) is 1. The summed E-state index contributed by atoms with van der Waals surface area (Å²) in [5, 5.41) is 0.469. The van der Waals surface area contributed by atoms with E-state index in [0.717, 1.165) is 5.56 Å². The smallest absolute Gasteiger partial charge is 0.129 e. The average Bonchev–Trinajstić information content (AvgIpc) is 2.03. The van der Waals surface area contributed by atoms with Gasteiger partial charge >= 0.3 is 0 Å². The van der Waals surface area contributed by atoms with Crippen LogP contribution >= 0.6 is 11.6 Å². The van der Waals surface area contributed by atoms with E-state index in [1.807, 2.05) is 6.07 Å². The van der Waals surface area contributed by atoms with Gasteiger partial charge in [-0.05, 0) is 11.6 Å². The second-order valence-electron chi connectivity index (χ2n) is 2.26. The summed E-state index contributed by atoms with van der Waals surface area (Å²) in [6, 6.07) is 3.55. The summed E-state index contributed by atoms with van der Waals surface area (Å²) in [5.41, 5.74) is 0.967. The summed E-state index contributed by atoms with van der Waals surface area (Å²) >= 11 is 4.60. The number of nitrogens with zero attached hydrogens (tertiary/aromatic N) is 1. The monoisotopic (exact) mass is 204 g/mol. The second kappa shape index (κ2) is 4.67. The van der Waals surface area contributed by atoms with Crippen LogP contribution in [0.2, 0.25) is 5.15 Å². The van der Waals surface area contributed by atoms with Gasteiger partial charge in [-0.15, -0.1) is 4.72 Å². The number of halogens is 1. The first-order valence-electron chi connectivity index (χ1n) is 3.36. The molecule has 12 heavy (non-hydrogen) atoms. The van der Waals surface area contributed by atoms with E-state index in [1.54, 1.807) is 18.5 Å². The number of aromatic nitrogens is 1. The first-order chi connectivity index (χ1) is 5.68. The molecule has 5 heteroatoms. The summed E-state index contributed by atoms with van der Waals surface area (Å²) < 4.78 is 13.4. The van der Waals surface area contributed by atoms with Crippen LogP contribution in [-0.4, -0.2) is 15.8 Å². The van der Waals surface area contributed by atoms with Crippen LogP contribution < -0.4 is 4.72 Å². The van der Waals surface area contributed by atoms with Gasteiger partial charge in [0.25, 0.3) is 0 Å². The largest absolute Gasteiger partial charge is 0.598 e. The molecule has 0 aliphatic heterocycles. The van der Waals surface area contributed by atoms with Gasteiger partial charge in [-0.25, -0.2) is 4.98 Å². The number of rotatable bonds is 3. The lowest BCUT2D eigenvalue weighted by molar-refractivity contribution is 0.586. The number of nitrogens with one attached hydrogen (secondary N) is 1. The van der Waals surface area contributed by atoms with Crippen molar-refractivity contribution < 1.29 is 4.55 Å². The molecule has 1 unspecified atom stereocenters. The number of pyridine rings is 1. The highest BCUT2D eigenvalue weighted by Crippen LogP contribution is 2.04. The Labute approximate surface area is 79.5 Å². The highest BCUT2D eigenvalue weighted by molar-refractivity contribution is 7.88. The quantitative estimate of drug-likeness (QED) is 0.593. The fourth-order valence-corrected chi connectivity index (χ4v) is 1.18. The van der Waals surface area contributed by atoms with E-state index in [2.05, 4.69) is 9.71 Å². The minimum Gasteiger partial charge on any atom is -0.598 e. The van der Waals surface area contributed by atoms with Crippen molar-refractivity contribution in [2.24, 2.45) is 0 Å². The van der Waals surface area contributed by atoms with Crippen molar-refractivity contribution in [3.8, 4) is 0 Å². The molecule has 1 rings (SSSR count). The minimum absolute atomic E-state index is 0.469. The minimum atomic E-state index is -0.982. The van der Waals surface area contributed by atoms with Gasteiger partial charge in [0.05, 0.1) is 6.54 Å². The van der Waals surface area contributed by atoms with Crippen LogP contribution in [0, 0.1) is 0 Å². The third-order valence-electron chi connectivity index (χ3n) is 1.27. The molecule has 0 bridgehead atoms. The molecule has 0 aliphatic rings. The van der Waals surface area contributed by atoms with E-state index < -0.39 is 11.4 Å². The van der Waals surface area contributed by atoms with Crippen LogP contribution in [0.15, 0.2) is 18.3 Å². The van der Waals surface area contributed by atoms with Crippen molar-refractivity contribution in [2.45, 2.75) is 6.54 Å². The molecular weight excluding hydrogens is 196 g/mol. The second-order valence-corrected chi connectivity index (χ2v) is 3.85. The van der Waals surface area contributed by atoms with Gasteiger partial charge in [-0.2, -0.15) is 0 Å². The molecule has 3 nitrogen and oxygen atoms in total. The Morgan fingerprint density at radius 2 is 2.42 bits per heavy atom. The Hall–Kier alpha value is -0.290. The maximum absolute atomic E-state index is 10.6. The van der Waals surface area contributed by atoms with Crippen molar-refractivity contribution >= 4 is 23.0 Å². The summed E-state index contributed by atoms with van der Waals surface area (Å²) in [4.78, 5) is 3.88. The normalized spacial score (nSPS) is 12.9. The average molecular weight is 205 g/mol. The highest BCUT2D eigenvalue weighted by Gasteiger charge is 1.97. The molecule has 0 aromatic carbocycles. The first kappa shape index (κ1) is 9.80. The lowest BCUT2D eigenvalue weighted by Crippen LogP contribution is -2.21. The van der Waals surface area contributed by atoms with Gasteiger partial charge in [0.2, 0.25) is 0 Å². The molecule has 1 heterocycles. The molecule has 0 spiro atoms. The van der Waals surface area contributed by atoms with Gasteiger partial charge in [-0.1, -0.05) is 17.7 Å². The number of hydrogen-bond acceptors (Lipinski definition) is 3. The van der Waals surface area contributed by atoms with Crippen molar-refractivity contribution in [1.29, 1.82) is 0 Å². The zero-order valence-corrected chi connectivity index (χ0v) is 8.15. The van der Waals surface area contributed by atoms with E-state index in [9.17, 15) is 4.55 Å². The predicted molar refractivity (Wildman–Crippen MR) is 50.2 cm³/mol. The molecule has 1 N–H and O–H groups in total. The molecule has 0 radical (unpaired) electrons. The maximum Gasteiger partial charge on any atom is 0.129 e. The van der Waals surface area contributed by atoms with Gasteiger partial charge in [0.15, 0.2) is 0 Å². The lowest BCUT2D eigenvalue weighted by atomic mass is 10.3. The van der Waals surface area contributed by atoms with Gasteiger partial charge in [0.1, 0.15) is 11.4 Å². The fraction of sp³-hybridized carbons (Fsp3) is 0.286. The molecule has 0 aliphatic carbocycles. The topological polar surface area (TPSA) is 48.0 Å². The van der Waals surface area contributed by atoms with Crippen molar-refractivity contribution in [1.82, 2.24) is 9.71 Å². The summed E-state index contributed by atoms with van der Waals surface area (Å²) in [6.07, 6.45) is 3.24. The van der Waals surface area contributed by atoms with Crippen molar-refractivity contribution in [2.75, 3.05) is 6.26 Å². The van der Waals surface area contributed by atoms with Crippen LogP contribution in [-0.2, 0) is 17.9 Å². The van der Waals surface area contributed by atoms with E-state index in [-0.39, 0.29) is 0 Å². The molecule has 1 aromatic heterocycles. The molecule has 0 fully saturated rings. The Bertz CT molecular complexity index is 240. The van der Waals surface area contributed by atoms with Crippen molar-refractivity contribution in [3.05, 3.63) is 29.0 Å². The van der Waals surface area contributed by atoms with Crippen LogP contribution in [0.4, 0.5) is 0 Å². The van der Waals surface area contributed by atoms with Crippen LogP contribution in [0.25, 0.3) is 0 Å². The van der Waals surface area contributed by atoms with Crippen LogP contribution in [0.3, 0.4) is 0 Å². The summed E-state index contributed by atoms with van der Waals surface area (Å²) in [5.74, 6) is 0. The highest BCUT2D eigenvalue weighted by atomic mass is 35.5. The van der Waals surface area contributed by atoms with Crippen LogP contribution in [0.5, 0.6) is 0 Å². The molecule has 1 aromatic rings. The molecule has 0 amide bonds. The summed E-state index contributed by atoms with van der Waals surface area (Å²) in [7, 11) is 0. The Balaban J connectivity index is 2.48. The Morgan fingerprint density at radius 3 is 2.92 bits per heavy atom. The lowest BCUT2D eigenvalue weighted by Gasteiger charge is -2.04. The maximum atomic E-state index is 10.6. The van der Waals surface area contributed by atoms with E-state index in [0.29, 0.717) is 11.7 Å². The van der Waals surface area contributed by atoms with Gasteiger partial charge in [0, 0.05) is 17.6 Å². The third kappa shape index (κ3) is 3.40. The van der Waals surface area contributed by atoms with Crippen LogP contribution in [0.1, 0.15) is 5.56 Å². The molecule has 0 saturated heterocycles. The Kier molecular flexibility index (Phi) is 3.81. The van der Waals surface area contributed by atoms with Crippen molar-refractivity contribution in [3.63, 3.8) is 0 Å². The van der Waals surface area contributed by atoms with E-state index in [4.69, 9.17) is 11.6 Å². The molecule has 1 atom stereocenters. The first-order valence-corrected chi connectivity index (χ1v) is 5.29. The standard InChI is InChI=1S/C7H9ClN2OS/c1-12(11)10-5-6-2-3-7(8)9-4-6/h2-4,10H,5H2,1H3. The van der Waals surface area contributed by atoms with E-state index in [1.165, 1.54) is 0 Å². The predicted octanol–water partition coefficient (Wildman–Crippen LogP) is 1.12. The zero-order chi connectivity index (χ0) is 8.97. The Morgan fingerprint density at radius 1 is 1.67 bits per heavy atom. The summed E-state index contributed by atoms with van der Waals surface area (Å²) in [6.45, 7) is 0.549. The zero-order valence-electron chi connectivity index (χ0n) is 6.58.